The molecule has 1 aliphatic heterocycles. The van der Waals surface area contributed by atoms with Crippen LogP contribution in [0.5, 0.6) is 0 Å². The predicted octanol–water partition coefficient (Wildman–Crippen LogP) is 2.03. The molecule has 4 heteroatoms. The number of nitrogens with zero attached hydrogens (tertiary/aromatic N) is 1. The molecule has 4 nitrogen and oxygen atoms in total. The Bertz CT molecular complexity index is 400. The number of hydrogen-bond donors (Lipinski definition) is 2. The number of aliphatic hydroxyl groups excluding tert-OH is 1. The highest BCUT2D eigenvalue weighted by molar-refractivity contribution is 5.74. The van der Waals surface area contributed by atoms with Crippen molar-refractivity contribution in [2.45, 2.75) is 58.6 Å². The number of hydrogen-bond acceptors (Lipinski definition) is 3. The van der Waals surface area contributed by atoms with Crippen molar-refractivity contribution >= 4 is 5.97 Å². The fraction of sp³-hybridized carbons (Fsp3) is 0.800. The van der Waals surface area contributed by atoms with Crippen molar-refractivity contribution in [3.8, 4) is 0 Å². The van der Waals surface area contributed by atoms with Gasteiger partial charge < -0.3 is 10.2 Å². The lowest BCUT2D eigenvalue weighted by atomic mass is 9.72. The van der Waals surface area contributed by atoms with E-state index < -0.39 is 18.1 Å². The number of β-amino-alcohol motifs (C(OH)–C–C–N with tert-alkyl or cyclic N) is 1. The zero-order valence-electron chi connectivity index (χ0n) is 12.1. The molecule has 1 aliphatic carbocycles. The number of carbonyl (C=O) groups is 1. The highest BCUT2D eigenvalue weighted by Crippen LogP contribution is 2.41. The molecular weight excluding hydrogens is 242 g/mol. The summed E-state index contributed by atoms with van der Waals surface area (Å²) in [7, 11) is 0. The van der Waals surface area contributed by atoms with Gasteiger partial charge in [-0.05, 0) is 31.6 Å². The van der Waals surface area contributed by atoms with E-state index in [2.05, 4.69) is 20.8 Å². The third-order valence-corrected chi connectivity index (χ3v) is 4.71. The molecule has 0 saturated carbocycles. The zero-order chi connectivity index (χ0) is 14.2. The van der Waals surface area contributed by atoms with E-state index in [1.165, 1.54) is 17.6 Å². The maximum atomic E-state index is 11.3. The maximum absolute atomic E-state index is 11.3. The predicted molar refractivity (Wildman–Crippen MR) is 74.0 cm³/mol. The van der Waals surface area contributed by atoms with Gasteiger partial charge in [0.25, 0.3) is 0 Å². The Morgan fingerprint density at radius 1 is 1.47 bits per heavy atom. The van der Waals surface area contributed by atoms with Crippen LogP contribution in [0.3, 0.4) is 0 Å². The van der Waals surface area contributed by atoms with Gasteiger partial charge in [-0.2, -0.15) is 0 Å². The first-order valence-electron chi connectivity index (χ1n) is 7.15. The summed E-state index contributed by atoms with van der Waals surface area (Å²) >= 11 is 0. The van der Waals surface area contributed by atoms with E-state index >= 15 is 0 Å². The quantitative estimate of drug-likeness (QED) is 0.768. The van der Waals surface area contributed by atoms with Crippen LogP contribution in [0.25, 0.3) is 0 Å². The van der Waals surface area contributed by atoms with Gasteiger partial charge in [0.05, 0.1) is 6.10 Å². The van der Waals surface area contributed by atoms with Crippen molar-refractivity contribution in [2.24, 2.45) is 5.41 Å². The minimum absolute atomic E-state index is 0.152. The largest absolute Gasteiger partial charge is 0.480 e. The smallest absolute Gasteiger partial charge is 0.321 e. The van der Waals surface area contributed by atoms with Gasteiger partial charge >= 0.3 is 5.97 Å². The molecule has 0 spiro atoms. The van der Waals surface area contributed by atoms with Gasteiger partial charge in [0.15, 0.2) is 0 Å². The van der Waals surface area contributed by atoms with E-state index in [1.54, 1.807) is 0 Å². The molecule has 0 aromatic heterocycles. The average molecular weight is 267 g/mol. The van der Waals surface area contributed by atoms with Crippen molar-refractivity contribution in [3.63, 3.8) is 0 Å². The number of rotatable bonds is 3. The Morgan fingerprint density at radius 3 is 2.74 bits per heavy atom. The Hall–Kier alpha value is -0.870. The summed E-state index contributed by atoms with van der Waals surface area (Å²) in [4.78, 5) is 13.2. The number of likely N-dealkylation sites (tertiary alicyclic amines) is 1. The molecule has 0 aromatic rings. The van der Waals surface area contributed by atoms with Crippen LogP contribution >= 0.6 is 0 Å². The van der Waals surface area contributed by atoms with E-state index in [9.17, 15) is 15.0 Å². The molecule has 0 radical (unpaired) electrons. The van der Waals surface area contributed by atoms with Gasteiger partial charge in [0.1, 0.15) is 6.04 Å². The van der Waals surface area contributed by atoms with Gasteiger partial charge in [-0.15, -0.1) is 0 Å². The van der Waals surface area contributed by atoms with Crippen LogP contribution in [0.4, 0.5) is 0 Å². The second kappa shape index (κ2) is 5.25. The number of aliphatic carboxylic acids is 1. The molecule has 1 heterocycles. The Balaban J connectivity index is 2.17. The SMILES string of the molecule is CC1=C(CN2C[C@H](O)C[C@H]2C(=O)O)C(C)(C)CCC1. The van der Waals surface area contributed by atoms with Crippen LogP contribution in [0.15, 0.2) is 11.1 Å². The summed E-state index contributed by atoms with van der Waals surface area (Å²) in [6, 6.07) is -0.534. The number of aliphatic hydroxyl groups is 1. The zero-order valence-corrected chi connectivity index (χ0v) is 12.1. The Morgan fingerprint density at radius 2 is 2.16 bits per heavy atom. The van der Waals surface area contributed by atoms with Crippen LogP contribution in [0.2, 0.25) is 0 Å². The minimum Gasteiger partial charge on any atom is -0.480 e. The van der Waals surface area contributed by atoms with E-state index in [4.69, 9.17) is 0 Å². The second-order valence-corrected chi connectivity index (χ2v) is 6.67. The van der Waals surface area contributed by atoms with Gasteiger partial charge in [0.2, 0.25) is 0 Å². The first-order valence-corrected chi connectivity index (χ1v) is 7.15. The third-order valence-electron chi connectivity index (χ3n) is 4.71. The summed E-state index contributed by atoms with van der Waals surface area (Å²) < 4.78 is 0. The molecular formula is C15H25NO3. The third kappa shape index (κ3) is 3.00. The molecule has 0 aromatic carbocycles. The van der Waals surface area contributed by atoms with Crippen LogP contribution in [0, 0.1) is 5.41 Å². The molecule has 2 atom stereocenters. The van der Waals surface area contributed by atoms with Gasteiger partial charge in [-0.1, -0.05) is 25.0 Å². The van der Waals surface area contributed by atoms with Crippen molar-refractivity contribution in [3.05, 3.63) is 11.1 Å². The molecule has 2 rings (SSSR count). The Labute approximate surface area is 115 Å². The highest BCUT2D eigenvalue weighted by Gasteiger charge is 2.38. The minimum atomic E-state index is -0.816. The lowest BCUT2D eigenvalue weighted by Crippen LogP contribution is -2.40. The molecule has 0 bridgehead atoms. The average Bonchev–Trinajstić information content (AvgIpc) is 2.65. The lowest BCUT2D eigenvalue weighted by Gasteiger charge is -2.37. The van der Waals surface area contributed by atoms with Crippen molar-refractivity contribution in [1.29, 1.82) is 0 Å². The van der Waals surface area contributed by atoms with Crippen LogP contribution in [-0.4, -0.2) is 46.3 Å². The van der Waals surface area contributed by atoms with E-state index in [1.807, 2.05) is 4.90 Å². The van der Waals surface area contributed by atoms with E-state index in [0.717, 1.165) is 12.8 Å². The van der Waals surface area contributed by atoms with E-state index in [-0.39, 0.29) is 5.41 Å². The van der Waals surface area contributed by atoms with Crippen LogP contribution < -0.4 is 0 Å². The van der Waals surface area contributed by atoms with Crippen molar-refractivity contribution in [2.75, 3.05) is 13.1 Å². The molecule has 2 aliphatic rings. The summed E-state index contributed by atoms with van der Waals surface area (Å²) in [5.74, 6) is -0.816. The topological polar surface area (TPSA) is 60.8 Å². The van der Waals surface area contributed by atoms with E-state index in [0.29, 0.717) is 19.5 Å². The molecule has 2 N–H and O–H groups in total. The Kier molecular flexibility index (Phi) is 4.02. The van der Waals surface area contributed by atoms with Crippen LogP contribution in [-0.2, 0) is 4.79 Å². The normalized spacial score (nSPS) is 31.8. The standard InChI is InChI=1S/C15H25NO3/c1-10-5-4-6-15(2,3)12(10)9-16-8-11(17)7-13(16)14(18)19/h11,13,17H,4-9H2,1-3H3,(H,18,19)/t11-,13+/m1/s1. The number of carboxylic acid groups (broad SMARTS) is 1. The summed E-state index contributed by atoms with van der Waals surface area (Å²) in [6.45, 7) is 7.82. The fourth-order valence-corrected chi connectivity index (χ4v) is 3.54. The molecule has 19 heavy (non-hydrogen) atoms. The lowest BCUT2D eigenvalue weighted by molar-refractivity contribution is -0.142. The van der Waals surface area contributed by atoms with Crippen molar-refractivity contribution < 1.29 is 15.0 Å². The van der Waals surface area contributed by atoms with Gasteiger partial charge in [-0.3, -0.25) is 9.69 Å². The molecule has 1 saturated heterocycles. The monoisotopic (exact) mass is 267 g/mol. The summed E-state index contributed by atoms with van der Waals surface area (Å²) in [6.07, 6.45) is 3.34. The van der Waals surface area contributed by atoms with Gasteiger partial charge in [0, 0.05) is 19.5 Å². The molecule has 108 valence electrons. The van der Waals surface area contributed by atoms with Gasteiger partial charge in [-0.25, -0.2) is 0 Å². The molecule has 0 amide bonds. The second-order valence-electron chi connectivity index (χ2n) is 6.67. The first-order chi connectivity index (χ1) is 8.81. The molecule has 1 fully saturated rings. The maximum Gasteiger partial charge on any atom is 0.321 e. The first kappa shape index (κ1) is 14.5. The summed E-state index contributed by atoms with van der Waals surface area (Å²) in [5.41, 5.74) is 2.93. The number of carboxylic acids is 1. The van der Waals surface area contributed by atoms with Crippen molar-refractivity contribution in [1.82, 2.24) is 4.90 Å². The highest BCUT2D eigenvalue weighted by atomic mass is 16.4. The summed E-state index contributed by atoms with van der Waals surface area (Å²) in [5, 5.41) is 19.0. The number of allylic oxidation sites excluding steroid dienone is 1. The fourth-order valence-electron chi connectivity index (χ4n) is 3.54. The van der Waals surface area contributed by atoms with Crippen LogP contribution in [0.1, 0.15) is 46.5 Å². The molecule has 0 unspecified atom stereocenters.